The van der Waals surface area contributed by atoms with Crippen molar-refractivity contribution in [3.05, 3.63) is 64.7 Å². The van der Waals surface area contributed by atoms with Crippen molar-refractivity contribution < 1.29 is 0 Å². The number of halogens is 1. The van der Waals surface area contributed by atoms with Gasteiger partial charge in [-0.2, -0.15) is 0 Å². The van der Waals surface area contributed by atoms with Gasteiger partial charge in [0.1, 0.15) is 5.84 Å². The molecule has 2 nitrogen and oxygen atoms in total. The Morgan fingerprint density at radius 3 is 2.67 bits per heavy atom. The van der Waals surface area contributed by atoms with Crippen LogP contribution in [-0.4, -0.2) is 5.84 Å². The lowest BCUT2D eigenvalue weighted by atomic mass is 9.50. The van der Waals surface area contributed by atoms with E-state index in [0.717, 1.165) is 22.8 Å². The lowest BCUT2D eigenvalue weighted by Crippen LogP contribution is -2.58. The van der Waals surface area contributed by atoms with Gasteiger partial charge in [-0.05, 0) is 54.0 Å². The van der Waals surface area contributed by atoms with Gasteiger partial charge in [-0.25, -0.2) is 0 Å². The Labute approximate surface area is 149 Å². The lowest BCUT2D eigenvalue weighted by Gasteiger charge is -2.56. The summed E-state index contributed by atoms with van der Waals surface area (Å²) in [6.07, 6.45) is 2.37. The highest BCUT2D eigenvalue weighted by Crippen LogP contribution is 2.56. The highest BCUT2D eigenvalue weighted by atomic mass is 35.5. The molecule has 2 atom stereocenters. The van der Waals surface area contributed by atoms with Crippen LogP contribution in [0, 0.1) is 17.3 Å². The second kappa shape index (κ2) is 5.93. The minimum atomic E-state index is 0.160. The summed E-state index contributed by atoms with van der Waals surface area (Å²) in [6, 6.07) is 16.6. The maximum atomic E-state index is 6.11. The number of hydrogen-bond acceptors (Lipinski definition) is 1. The maximum absolute atomic E-state index is 6.11. The van der Waals surface area contributed by atoms with Gasteiger partial charge in [-0.15, -0.1) is 0 Å². The smallest absolute Gasteiger partial charge is 0.108 e. The Morgan fingerprint density at radius 2 is 1.92 bits per heavy atom. The highest BCUT2D eigenvalue weighted by Gasteiger charge is 2.55. The van der Waals surface area contributed by atoms with Gasteiger partial charge in [0.2, 0.25) is 0 Å². The minimum Gasteiger partial charge on any atom is -0.343 e. The molecule has 1 heterocycles. The molecule has 2 aromatic carbocycles. The topological polar surface area (TPSA) is 24.4 Å². The van der Waals surface area contributed by atoms with Crippen molar-refractivity contribution in [2.75, 3.05) is 5.32 Å². The van der Waals surface area contributed by atoms with E-state index in [4.69, 9.17) is 16.6 Å². The summed E-state index contributed by atoms with van der Waals surface area (Å²) in [7, 11) is 0. The van der Waals surface area contributed by atoms with Crippen LogP contribution in [-0.2, 0) is 13.0 Å². The third-order valence-corrected chi connectivity index (χ3v) is 6.20. The summed E-state index contributed by atoms with van der Waals surface area (Å²) in [5.41, 5.74) is 3.94. The normalized spacial score (nSPS) is 29.9. The van der Waals surface area contributed by atoms with Gasteiger partial charge < -0.3 is 5.32 Å². The Bertz CT molecular complexity index is 788. The Morgan fingerprint density at radius 1 is 1.12 bits per heavy atom. The van der Waals surface area contributed by atoms with E-state index >= 15 is 0 Å². The van der Waals surface area contributed by atoms with Crippen LogP contribution in [0.1, 0.15) is 31.4 Å². The van der Waals surface area contributed by atoms with Crippen molar-refractivity contribution in [3.63, 3.8) is 0 Å². The van der Waals surface area contributed by atoms with Crippen LogP contribution < -0.4 is 5.32 Å². The predicted molar refractivity (Wildman–Crippen MR) is 102 cm³/mol. The van der Waals surface area contributed by atoms with Crippen LogP contribution >= 0.6 is 11.6 Å². The fourth-order valence-corrected chi connectivity index (χ4v) is 4.74. The van der Waals surface area contributed by atoms with Gasteiger partial charge in [0, 0.05) is 16.1 Å². The molecule has 1 aliphatic carbocycles. The Balaban J connectivity index is 1.70. The number of anilines is 1. The number of fused-ring (bicyclic) bond motifs is 1. The minimum absolute atomic E-state index is 0.160. The number of benzene rings is 2. The molecular weight excluding hydrogens is 316 g/mol. The van der Waals surface area contributed by atoms with Crippen molar-refractivity contribution in [3.8, 4) is 0 Å². The standard InChI is InChI=1S/C21H23ClN2/c1-14-10-15(2)21(14)12-17-7-3-4-9-19(17)24-20(21)23-13-16-6-5-8-18(22)11-16/h3-9,11,14-15H,10,12-13H2,1-2H3,(H,23,24). The van der Waals surface area contributed by atoms with E-state index in [1.807, 2.05) is 18.2 Å². The van der Waals surface area contributed by atoms with E-state index in [0.29, 0.717) is 18.4 Å². The van der Waals surface area contributed by atoms with E-state index in [-0.39, 0.29) is 5.41 Å². The average Bonchev–Trinajstić information content (AvgIpc) is 2.59. The van der Waals surface area contributed by atoms with Crippen LogP contribution in [0.15, 0.2) is 53.5 Å². The molecule has 0 radical (unpaired) electrons. The van der Waals surface area contributed by atoms with Crippen molar-refractivity contribution in [2.24, 2.45) is 22.2 Å². The molecule has 24 heavy (non-hydrogen) atoms. The molecule has 0 aromatic heterocycles. The molecule has 1 aliphatic heterocycles. The largest absolute Gasteiger partial charge is 0.343 e. The molecule has 0 amide bonds. The molecule has 2 aromatic rings. The van der Waals surface area contributed by atoms with E-state index < -0.39 is 0 Å². The van der Waals surface area contributed by atoms with Crippen LogP contribution in [0.2, 0.25) is 5.02 Å². The first-order valence-corrected chi connectivity index (χ1v) is 9.11. The summed E-state index contributed by atoms with van der Waals surface area (Å²) in [5, 5.41) is 4.43. The molecule has 1 fully saturated rings. The number of rotatable bonds is 2. The third kappa shape index (κ3) is 2.44. The monoisotopic (exact) mass is 338 g/mol. The molecule has 2 aliphatic rings. The summed E-state index contributed by atoms with van der Waals surface area (Å²) in [6.45, 7) is 5.40. The fourth-order valence-electron chi connectivity index (χ4n) is 4.52. The zero-order chi connectivity index (χ0) is 16.7. The molecular formula is C21H23ClN2. The SMILES string of the molecule is CC1CC(C)C12Cc1ccccc1NC2=NCc1cccc(Cl)c1. The first kappa shape index (κ1) is 15.7. The van der Waals surface area contributed by atoms with Crippen molar-refractivity contribution in [1.29, 1.82) is 0 Å². The first-order chi connectivity index (χ1) is 11.6. The van der Waals surface area contributed by atoms with Crippen molar-refractivity contribution in [1.82, 2.24) is 0 Å². The molecule has 3 heteroatoms. The van der Waals surface area contributed by atoms with Crippen LogP contribution in [0.4, 0.5) is 5.69 Å². The van der Waals surface area contributed by atoms with Gasteiger partial charge in [-0.1, -0.05) is 55.8 Å². The van der Waals surface area contributed by atoms with Gasteiger partial charge in [0.05, 0.1) is 6.54 Å². The van der Waals surface area contributed by atoms with Crippen LogP contribution in [0.25, 0.3) is 0 Å². The molecule has 2 unspecified atom stereocenters. The van der Waals surface area contributed by atoms with Gasteiger partial charge >= 0.3 is 0 Å². The number of nitrogens with one attached hydrogen (secondary N) is 1. The summed E-state index contributed by atoms with van der Waals surface area (Å²) < 4.78 is 0. The van der Waals surface area contributed by atoms with Gasteiger partial charge in [0.15, 0.2) is 0 Å². The fraction of sp³-hybridized carbons (Fsp3) is 0.381. The molecule has 4 rings (SSSR count). The quantitative estimate of drug-likeness (QED) is 0.760. The van der Waals surface area contributed by atoms with E-state index in [9.17, 15) is 0 Å². The van der Waals surface area contributed by atoms with Crippen molar-refractivity contribution in [2.45, 2.75) is 33.2 Å². The van der Waals surface area contributed by atoms with Gasteiger partial charge in [-0.3, -0.25) is 4.99 Å². The number of nitrogens with zero attached hydrogens (tertiary/aromatic N) is 1. The number of aliphatic imine (C=N–C) groups is 1. The molecule has 0 bridgehead atoms. The van der Waals surface area contributed by atoms with E-state index in [2.05, 4.69) is 49.5 Å². The van der Waals surface area contributed by atoms with E-state index in [1.165, 1.54) is 17.7 Å². The second-order valence-corrected chi connectivity index (χ2v) is 7.77. The van der Waals surface area contributed by atoms with Crippen LogP contribution in [0.5, 0.6) is 0 Å². The predicted octanol–water partition coefficient (Wildman–Crippen LogP) is 5.57. The van der Waals surface area contributed by atoms with E-state index in [1.54, 1.807) is 0 Å². The average molecular weight is 339 g/mol. The summed E-state index contributed by atoms with van der Waals surface area (Å²) in [5.74, 6) is 2.48. The zero-order valence-corrected chi connectivity index (χ0v) is 15.0. The number of amidine groups is 1. The zero-order valence-electron chi connectivity index (χ0n) is 14.2. The Kier molecular flexibility index (Phi) is 3.88. The van der Waals surface area contributed by atoms with Crippen LogP contribution in [0.3, 0.4) is 0 Å². The molecule has 124 valence electrons. The maximum Gasteiger partial charge on any atom is 0.108 e. The first-order valence-electron chi connectivity index (χ1n) is 8.74. The Hall–Kier alpha value is -1.80. The molecule has 1 spiro atoms. The summed E-state index contributed by atoms with van der Waals surface area (Å²) >= 11 is 6.11. The molecule has 0 saturated heterocycles. The number of hydrogen-bond donors (Lipinski definition) is 1. The lowest BCUT2D eigenvalue weighted by molar-refractivity contribution is 0.0366. The summed E-state index contributed by atoms with van der Waals surface area (Å²) in [4.78, 5) is 5.02. The molecule has 1 saturated carbocycles. The van der Waals surface area contributed by atoms with Gasteiger partial charge in [0.25, 0.3) is 0 Å². The highest BCUT2D eigenvalue weighted by molar-refractivity contribution is 6.30. The number of para-hydroxylation sites is 1. The second-order valence-electron chi connectivity index (χ2n) is 7.33. The third-order valence-electron chi connectivity index (χ3n) is 5.97. The van der Waals surface area contributed by atoms with Crippen molar-refractivity contribution >= 4 is 23.1 Å². The molecule has 1 N–H and O–H groups in total.